The van der Waals surface area contributed by atoms with Gasteiger partial charge in [0, 0.05) is 24.1 Å². The van der Waals surface area contributed by atoms with Crippen LogP contribution in [0.1, 0.15) is 17.5 Å². The maximum atomic E-state index is 14.2. The van der Waals surface area contributed by atoms with Crippen molar-refractivity contribution in [3.05, 3.63) is 83.8 Å². The first-order valence-electron chi connectivity index (χ1n) is 11.2. The monoisotopic (exact) mass is 571 g/mol. The van der Waals surface area contributed by atoms with Crippen molar-refractivity contribution in [2.24, 2.45) is 0 Å². The van der Waals surface area contributed by atoms with Crippen molar-refractivity contribution >= 4 is 26.9 Å². The zero-order valence-corrected chi connectivity index (χ0v) is 20.8. The number of aryl methyl sites for hydroxylation is 1. The SMILES string of the molecule is COC(=O)CCc1cn(S(=O)(=O)c2cccc(C(F)(F)F)c2)c2cc(-c3cc(F)cc(OC(F)F)c3)ccc12. The van der Waals surface area contributed by atoms with Crippen LogP contribution >= 0.6 is 0 Å². The van der Waals surface area contributed by atoms with Crippen LogP contribution in [-0.2, 0) is 32.2 Å². The van der Waals surface area contributed by atoms with Crippen LogP contribution in [0.3, 0.4) is 0 Å². The molecule has 0 bridgehead atoms. The molecule has 0 saturated carbocycles. The van der Waals surface area contributed by atoms with Crippen molar-refractivity contribution in [3.63, 3.8) is 0 Å². The average molecular weight is 571 g/mol. The number of rotatable bonds is 8. The van der Waals surface area contributed by atoms with Gasteiger partial charge in [-0.3, -0.25) is 4.79 Å². The highest BCUT2D eigenvalue weighted by molar-refractivity contribution is 7.90. The number of fused-ring (bicyclic) bond motifs is 1. The van der Waals surface area contributed by atoms with Gasteiger partial charge in [-0.1, -0.05) is 18.2 Å². The average Bonchev–Trinajstić information content (AvgIpc) is 3.24. The molecule has 1 heterocycles. The largest absolute Gasteiger partial charge is 0.469 e. The van der Waals surface area contributed by atoms with E-state index in [0.29, 0.717) is 17.0 Å². The maximum absolute atomic E-state index is 14.2. The van der Waals surface area contributed by atoms with Crippen molar-refractivity contribution in [2.45, 2.75) is 30.5 Å². The maximum Gasteiger partial charge on any atom is 0.416 e. The molecule has 4 aromatic rings. The van der Waals surface area contributed by atoms with E-state index in [2.05, 4.69) is 9.47 Å². The second kappa shape index (κ2) is 10.6. The molecule has 0 radical (unpaired) electrons. The van der Waals surface area contributed by atoms with Crippen LogP contribution in [0.4, 0.5) is 26.3 Å². The number of benzene rings is 3. The number of nitrogens with zero attached hydrogens (tertiary/aromatic N) is 1. The number of hydrogen-bond acceptors (Lipinski definition) is 5. The fourth-order valence-electron chi connectivity index (χ4n) is 4.03. The van der Waals surface area contributed by atoms with Gasteiger partial charge in [0.25, 0.3) is 10.0 Å². The van der Waals surface area contributed by atoms with E-state index in [4.69, 9.17) is 0 Å². The highest BCUT2D eigenvalue weighted by Crippen LogP contribution is 2.35. The third kappa shape index (κ3) is 6.03. The van der Waals surface area contributed by atoms with E-state index < -0.39 is 50.8 Å². The van der Waals surface area contributed by atoms with E-state index in [9.17, 15) is 39.6 Å². The van der Waals surface area contributed by atoms with Gasteiger partial charge in [0.1, 0.15) is 11.6 Å². The number of ether oxygens (including phenoxy) is 2. The molecule has 0 spiro atoms. The second-order valence-electron chi connectivity index (χ2n) is 8.34. The number of carbonyl (C=O) groups excluding carboxylic acids is 1. The van der Waals surface area contributed by atoms with Gasteiger partial charge in [-0.15, -0.1) is 0 Å². The number of carbonyl (C=O) groups is 1. The highest BCUT2D eigenvalue weighted by atomic mass is 32.2. The molecular weight excluding hydrogens is 552 g/mol. The molecule has 3 aromatic carbocycles. The molecule has 0 unspecified atom stereocenters. The zero-order chi connectivity index (χ0) is 28.5. The summed E-state index contributed by atoms with van der Waals surface area (Å²) < 4.78 is 116. The zero-order valence-electron chi connectivity index (χ0n) is 20.0. The third-order valence-electron chi connectivity index (χ3n) is 5.83. The molecule has 0 aliphatic carbocycles. The first-order valence-corrected chi connectivity index (χ1v) is 12.6. The lowest BCUT2D eigenvalue weighted by Crippen LogP contribution is -2.14. The van der Waals surface area contributed by atoms with Gasteiger partial charge in [-0.2, -0.15) is 22.0 Å². The van der Waals surface area contributed by atoms with Crippen LogP contribution in [0.5, 0.6) is 5.75 Å². The van der Waals surface area contributed by atoms with E-state index in [0.717, 1.165) is 40.4 Å². The summed E-state index contributed by atoms with van der Waals surface area (Å²) in [5.41, 5.74) is -0.506. The fraction of sp³-hybridized carbons (Fsp3) is 0.192. The lowest BCUT2D eigenvalue weighted by Gasteiger charge is -2.12. The van der Waals surface area contributed by atoms with Crippen molar-refractivity contribution in [2.75, 3.05) is 7.11 Å². The molecule has 0 N–H and O–H groups in total. The fourth-order valence-corrected chi connectivity index (χ4v) is 5.46. The molecule has 4 rings (SSSR count). The summed E-state index contributed by atoms with van der Waals surface area (Å²) in [5.74, 6) is -1.93. The van der Waals surface area contributed by atoms with Gasteiger partial charge in [0.2, 0.25) is 0 Å². The summed E-state index contributed by atoms with van der Waals surface area (Å²) in [4.78, 5) is 11.1. The summed E-state index contributed by atoms with van der Waals surface area (Å²) >= 11 is 0. The standard InChI is InChI=1S/C26H19F6NO5S/c1-37-24(34)8-6-16-14-33(39(35,36)21-4-2-3-18(12-21)26(30,31)32)23-11-15(5-7-22(16)23)17-9-19(27)13-20(10-17)38-25(28)29/h2-5,7,9-14,25H,6,8H2,1H3. The molecule has 0 saturated heterocycles. The van der Waals surface area contributed by atoms with Crippen molar-refractivity contribution < 1.29 is 49.0 Å². The number of aromatic nitrogens is 1. The predicted molar refractivity (Wildman–Crippen MR) is 128 cm³/mol. The Kier molecular flexibility index (Phi) is 7.64. The summed E-state index contributed by atoms with van der Waals surface area (Å²) in [6.45, 7) is -3.21. The lowest BCUT2D eigenvalue weighted by molar-refractivity contribution is -0.140. The van der Waals surface area contributed by atoms with Crippen LogP contribution in [0, 0.1) is 5.82 Å². The Morgan fingerprint density at radius 2 is 1.74 bits per heavy atom. The molecule has 13 heteroatoms. The Balaban J connectivity index is 1.90. The van der Waals surface area contributed by atoms with Gasteiger partial charge >= 0.3 is 18.8 Å². The number of hydrogen-bond donors (Lipinski definition) is 0. The second-order valence-corrected chi connectivity index (χ2v) is 10.2. The van der Waals surface area contributed by atoms with Crippen LogP contribution in [0.2, 0.25) is 0 Å². The summed E-state index contributed by atoms with van der Waals surface area (Å²) in [6.07, 6.45) is -3.68. The minimum atomic E-state index is -4.79. The van der Waals surface area contributed by atoms with Gasteiger partial charge in [0.15, 0.2) is 0 Å². The summed E-state index contributed by atoms with van der Waals surface area (Å²) in [7, 11) is -3.42. The molecule has 206 valence electrons. The molecule has 6 nitrogen and oxygen atoms in total. The van der Waals surface area contributed by atoms with Gasteiger partial charge in [-0.25, -0.2) is 16.8 Å². The van der Waals surface area contributed by atoms with E-state index in [1.807, 2.05) is 0 Å². The van der Waals surface area contributed by atoms with Crippen LogP contribution in [0.25, 0.3) is 22.0 Å². The van der Waals surface area contributed by atoms with Crippen LogP contribution < -0.4 is 4.74 Å². The topological polar surface area (TPSA) is 74.6 Å². The molecule has 0 atom stereocenters. The first kappa shape index (κ1) is 28.0. The number of halogens is 6. The molecular formula is C26H19F6NO5S. The van der Waals surface area contributed by atoms with Crippen LogP contribution in [-0.4, -0.2) is 32.1 Å². The first-order chi connectivity index (χ1) is 18.3. The Labute approximate surface area is 218 Å². The van der Waals surface area contributed by atoms with Gasteiger partial charge in [-0.05, 0) is 59.5 Å². The quantitative estimate of drug-likeness (QED) is 0.181. The molecule has 0 amide bonds. The number of alkyl halides is 5. The number of methoxy groups -OCH3 is 1. The lowest BCUT2D eigenvalue weighted by atomic mass is 10.0. The van der Waals surface area contributed by atoms with Crippen molar-refractivity contribution in [1.82, 2.24) is 3.97 Å². The van der Waals surface area contributed by atoms with Crippen LogP contribution in [0.15, 0.2) is 71.8 Å². The Morgan fingerprint density at radius 1 is 1.00 bits per heavy atom. The minimum absolute atomic E-state index is 0.00497. The Bertz CT molecular complexity index is 1650. The Hall–Kier alpha value is -4.00. The summed E-state index contributed by atoms with van der Waals surface area (Å²) in [5, 5.41) is 0.346. The van der Waals surface area contributed by atoms with Gasteiger partial charge < -0.3 is 9.47 Å². The molecule has 0 fully saturated rings. The third-order valence-corrected chi connectivity index (χ3v) is 7.50. The van der Waals surface area contributed by atoms with E-state index in [1.54, 1.807) is 0 Å². The smallest absolute Gasteiger partial charge is 0.416 e. The van der Waals surface area contributed by atoms with E-state index >= 15 is 0 Å². The summed E-state index contributed by atoms with van der Waals surface area (Å²) in [6, 6.07) is 10.4. The molecule has 1 aromatic heterocycles. The highest BCUT2D eigenvalue weighted by Gasteiger charge is 2.32. The minimum Gasteiger partial charge on any atom is -0.469 e. The normalized spacial score (nSPS) is 12.2. The Morgan fingerprint density at radius 3 is 2.41 bits per heavy atom. The van der Waals surface area contributed by atoms with Gasteiger partial charge in [0.05, 0.1) is 23.1 Å². The van der Waals surface area contributed by atoms with E-state index in [-0.39, 0.29) is 29.5 Å². The predicted octanol–water partition coefficient (Wildman–Crippen LogP) is 6.41. The van der Waals surface area contributed by atoms with Crippen molar-refractivity contribution in [1.29, 1.82) is 0 Å². The number of esters is 1. The molecule has 0 aliphatic heterocycles. The molecule has 39 heavy (non-hydrogen) atoms. The molecule has 0 aliphatic rings. The van der Waals surface area contributed by atoms with E-state index in [1.165, 1.54) is 31.5 Å². The van der Waals surface area contributed by atoms with Crippen molar-refractivity contribution in [3.8, 4) is 16.9 Å².